The van der Waals surface area contributed by atoms with E-state index in [-0.39, 0.29) is 55.4 Å². The van der Waals surface area contributed by atoms with Crippen LogP contribution < -0.4 is 11.1 Å². The first-order valence-corrected chi connectivity index (χ1v) is 11.6. The molecule has 2 unspecified atom stereocenters. The molecule has 1 saturated carbocycles. The zero-order valence-electron chi connectivity index (χ0n) is 19.7. The van der Waals surface area contributed by atoms with E-state index in [0.29, 0.717) is 0 Å². The van der Waals surface area contributed by atoms with Crippen molar-refractivity contribution < 1.29 is 14.7 Å². The molecular formula is C24H35Cl2N3O3S. The Bertz CT molecular complexity index is 943. The highest BCUT2D eigenvalue weighted by molar-refractivity contribution is 7.13. The van der Waals surface area contributed by atoms with Gasteiger partial charge in [-0.3, -0.25) is 9.59 Å². The first-order chi connectivity index (χ1) is 14.5. The van der Waals surface area contributed by atoms with Crippen LogP contribution in [0.1, 0.15) is 57.8 Å². The predicted octanol–water partition coefficient (Wildman–Crippen LogP) is 4.47. The van der Waals surface area contributed by atoms with E-state index in [1.165, 1.54) is 0 Å². The van der Waals surface area contributed by atoms with Crippen molar-refractivity contribution in [1.29, 1.82) is 0 Å². The number of nitrogens with zero attached hydrogens (tertiary/aromatic N) is 1. The number of aryl methyl sites for hydroxylation is 1. The molecule has 0 saturated heterocycles. The number of thiazole rings is 1. The Morgan fingerprint density at radius 2 is 1.73 bits per heavy atom. The standard InChI is InChI=1S/C24H33N3O3S.2ClH/c1-13(15-6-8-16(9-7-15)21-14(2)26-12-31-21)27-23(30)19-11-17(28)10-18(19)20(29)22(25)24(3,4)5;;/h6-9,12-13,17-19,22,28H,10-11,25H2,1-5H3,(H,27,30);2*1H/t13-,17+,18?,19-,22?;;/m1../s1. The van der Waals surface area contributed by atoms with Crippen LogP contribution >= 0.6 is 36.2 Å². The molecule has 184 valence electrons. The molecule has 33 heavy (non-hydrogen) atoms. The largest absolute Gasteiger partial charge is 0.393 e. The third-order valence-electron chi connectivity index (χ3n) is 6.26. The number of hydrogen-bond donors (Lipinski definition) is 3. The number of rotatable bonds is 6. The first-order valence-electron chi connectivity index (χ1n) is 10.8. The lowest BCUT2D eigenvalue weighted by atomic mass is 9.78. The number of ketones is 1. The lowest BCUT2D eigenvalue weighted by Crippen LogP contribution is -2.48. The van der Waals surface area contributed by atoms with E-state index in [9.17, 15) is 14.7 Å². The van der Waals surface area contributed by atoms with E-state index in [1.54, 1.807) is 11.3 Å². The van der Waals surface area contributed by atoms with E-state index >= 15 is 0 Å². The number of carbonyl (C=O) groups is 2. The maximum absolute atomic E-state index is 13.0. The van der Waals surface area contributed by atoms with E-state index in [2.05, 4.69) is 10.3 Å². The fourth-order valence-electron chi connectivity index (χ4n) is 4.18. The van der Waals surface area contributed by atoms with Crippen LogP contribution in [0.4, 0.5) is 0 Å². The highest BCUT2D eigenvalue weighted by Gasteiger charge is 2.45. The van der Waals surface area contributed by atoms with Gasteiger partial charge in [0.15, 0.2) is 5.78 Å². The average molecular weight is 517 g/mol. The molecule has 1 aromatic carbocycles. The summed E-state index contributed by atoms with van der Waals surface area (Å²) in [5, 5.41) is 13.2. The molecule has 0 spiro atoms. The van der Waals surface area contributed by atoms with Crippen LogP contribution in [0.2, 0.25) is 0 Å². The van der Waals surface area contributed by atoms with Crippen molar-refractivity contribution in [3.05, 3.63) is 41.0 Å². The number of nitrogens with two attached hydrogens (primary N) is 1. The molecule has 1 heterocycles. The van der Waals surface area contributed by atoms with E-state index < -0.39 is 29.4 Å². The fraction of sp³-hybridized carbons (Fsp3) is 0.542. The van der Waals surface area contributed by atoms with E-state index in [0.717, 1.165) is 21.7 Å². The summed E-state index contributed by atoms with van der Waals surface area (Å²) in [4.78, 5) is 31.4. The number of halogens is 2. The van der Waals surface area contributed by atoms with Crippen molar-refractivity contribution in [2.75, 3.05) is 0 Å². The fourth-order valence-corrected chi connectivity index (χ4v) is 4.99. The van der Waals surface area contributed by atoms with Crippen molar-refractivity contribution in [3.63, 3.8) is 0 Å². The molecule has 9 heteroatoms. The maximum Gasteiger partial charge on any atom is 0.224 e. The van der Waals surface area contributed by atoms with Crippen LogP contribution in [0.5, 0.6) is 0 Å². The molecule has 0 aliphatic heterocycles. The number of nitrogens with one attached hydrogen (secondary N) is 1. The van der Waals surface area contributed by atoms with Crippen molar-refractivity contribution in [2.45, 2.75) is 65.6 Å². The summed E-state index contributed by atoms with van der Waals surface area (Å²) < 4.78 is 0. The minimum atomic E-state index is -0.668. The molecule has 0 bridgehead atoms. The molecule has 6 nitrogen and oxygen atoms in total. The molecular weight excluding hydrogens is 481 g/mol. The van der Waals surface area contributed by atoms with Gasteiger partial charge in [-0.05, 0) is 43.2 Å². The maximum atomic E-state index is 13.0. The number of aliphatic hydroxyl groups excluding tert-OH is 1. The van der Waals surface area contributed by atoms with Crippen LogP contribution in [0.15, 0.2) is 29.8 Å². The number of hydrogen-bond acceptors (Lipinski definition) is 6. The quantitative estimate of drug-likeness (QED) is 0.526. The monoisotopic (exact) mass is 515 g/mol. The van der Waals surface area contributed by atoms with Crippen molar-refractivity contribution >= 4 is 47.8 Å². The molecule has 1 aliphatic rings. The molecule has 0 radical (unpaired) electrons. The SMILES string of the molecule is Cc1ncsc1-c1ccc([C@@H](C)NC(=O)[C@@H]2C[C@@H](O)CC2C(=O)C(N)C(C)(C)C)cc1.Cl.Cl. The third kappa shape index (κ3) is 6.76. The van der Waals surface area contributed by atoms with Gasteiger partial charge >= 0.3 is 0 Å². The summed E-state index contributed by atoms with van der Waals surface area (Å²) in [5.41, 5.74) is 10.7. The van der Waals surface area contributed by atoms with Crippen LogP contribution in [0.3, 0.4) is 0 Å². The van der Waals surface area contributed by atoms with Crippen molar-refractivity contribution in [1.82, 2.24) is 10.3 Å². The number of amides is 1. The number of carbonyl (C=O) groups excluding carboxylic acids is 2. The van der Waals surface area contributed by atoms with E-state index in [1.807, 2.05) is 64.4 Å². The van der Waals surface area contributed by atoms with E-state index in [4.69, 9.17) is 5.73 Å². The zero-order chi connectivity index (χ0) is 22.9. The molecule has 4 N–H and O–H groups in total. The Hall–Kier alpha value is -1.51. The van der Waals surface area contributed by atoms with Gasteiger partial charge in [-0.25, -0.2) is 4.98 Å². The summed E-state index contributed by atoms with van der Waals surface area (Å²) in [5.74, 6) is -1.45. The van der Waals surface area contributed by atoms with Crippen LogP contribution in [0, 0.1) is 24.2 Å². The normalized spacial score (nSPS) is 22.0. The molecule has 3 rings (SSSR count). The topological polar surface area (TPSA) is 105 Å². The minimum absolute atomic E-state index is 0. The third-order valence-corrected chi connectivity index (χ3v) is 7.23. The Balaban J connectivity index is 0.00000272. The second-order valence-electron chi connectivity index (χ2n) is 9.70. The second-order valence-corrected chi connectivity index (χ2v) is 10.6. The van der Waals surface area contributed by atoms with Gasteiger partial charge in [0.05, 0.1) is 40.2 Å². The summed E-state index contributed by atoms with van der Waals surface area (Å²) in [7, 11) is 0. The number of benzene rings is 1. The highest BCUT2D eigenvalue weighted by Crippen LogP contribution is 2.36. The Kier molecular flexibility index (Phi) is 10.5. The zero-order valence-corrected chi connectivity index (χ0v) is 22.2. The molecule has 1 aliphatic carbocycles. The Morgan fingerprint density at radius 1 is 1.15 bits per heavy atom. The average Bonchev–Trinajstić information content (AvgIpc) is 3.31. The van der Waals surface area contributed by atoms with Crippen LogP contribution in [-0.2, 0) is 9.59 Å². The van der Waals surface area contributed by atoms with Gasteiger partial charge in [0.1, 0.15) is 0 Å². The van der Waals surface area contributed by atoms with Crippen LogP contribution in [-0.4, -0.2) is 33.9 Å². The summed E-state index contributed by atoms with van der Waals surface area (Å²) >= 11 is 1.60. The molecule has 1 amide bonds. The first kappa shape index (κ1) is 29.5. The lowest BCUT2D eigenvalue weighted by Gasteiger charge is -2.30. The molecule has 5 atom stereocenters. The highest BCUT2D eigenvalue weighted by atomic mass is 35.5. The lowest BCUT2D eigenvalue weighted by molar-refractivity contribution is -0.134. The number of Topliss-reactive ketones (excluding diaryl/α,β-unsaturated/α-hetero) is 1. The summed E-state index contributed by atoms with van der Waals surface area (Å²) in [6.45, 7) is 9.65. The van der Waals surface area contributed by atoms with Crippen molar-refractivity contribution in [2.24, 2.45) is 23.0 Å². The van der Waals surface area contributed by atoms with Gasteiger partial charge in [0.2, 0.25) is 5.91 Å². The Morgan fingerprint density at radius 3 is 2.24 bits per heavy atom. The van der Waals surface area contributed by atoms with Gasteiger partial charge in [-0.15, -0.1) is 36.2 Å². The van der Waals surface area contributed by atoms with Crippen molar-refractivity contribution in [3.8, 4) is 10.4 Å². The number of aromatic nitrogens is 1. The van der Waals surface area contributed by atoms with Gasteiger partial charge in [0, 0.05) is 5.92 Å². The summed E-state index contributed by atoms with van der Waals surface area (Å²) in [6, 6.07) is 7.19. The van der Waals surface area contributed by atoms with Gasteiger partial charge in [0.25, 0.3) is 0 Å². The molecule has 1 aromatic heterocycles. The van der Waals surface area contributed by atoms with Gasteiger partial charge < -0.3 is 16.2 Å². The predicted molar refractivity (Wildman–Crippen MR) is 138 cm³/mol. The minimum Gasteiger partial charge on any atom is -0.393 e. The number of aliphatic hydroxyl groups is 1. The summed E-state index contributed by atoms with van der Waals surface area (Å²) in [6.07, 6.45) is -0.0815. The van der Waals surface area contributed by atoms with Crippen LogP contribution in [0.25, 0.3) is 10.4 Å². The smallest absolute Gasteiger partial charge is 0.224 e. The Labute approximate surface area is 212 Å². The second kappa shape index (κ2) is 11.8. The molecule has 1 fully saturated rings. The van der Waals surface area contributed by atoms with Gasteiger partial charge in [-0.2, -0.15) is 0 Å². The molecule has 2 aromatic rings. The van der Waals surface area contributed by atoms with Gasteiger partial charge in [-0.1, -0.05) is 45.0 Å².